The molecule has 28 heavy (non-hydrogen) atoms. The van der Waals surface area contributed by atoms with Crippen LogP contribution in [0.25, 0.3) is 20.4 Å². The van der Waals surface area contributed by atoms with Crippen LogP contribution in [0.4, 0.5) is 0 Å². The molecule has 1 aliphatic rings. The van der Waals surface area contributed by atoms with Gasteiger partial charge in [0.2, 0.25) is 5.91 Å². The van der Waals surface area contributed by atoms with E-state index in [9.17, 15) is 4.79 Å². The molecular formula is C21H19N3OS3. The van der Waals surface area contributed by atoms with Gasteiger partial charge in [0, 0.05) is 18.7 Å². The van der Waals surface area contributed by atoms with Crippen LogP contribution in [0.2, 0.25) is 0 Å². The largest absolute Gasteiger partial charge is 0.333 e. The van der Waals surface area contributed by atoms with Crippen molar-refractivity contribution in [2.45, 2.75) is 29.6 Å². The van der Waals surface area contributed by atoms with E-state index in [4.69, 9.17) is 4.98 Å². The topological polar surface area (TPSA) is 46.1 Å². The number of hydrogen-bond acceptors (Lipinski definition) is 6. The standard InChI is InChI=1S/C21H19N3OS3/c25-19(11-13-26-21-23-15-7-2-4-10-18(15)28-21)24-12-5-8-16(24)20-22-14-6-1-3-9-17(14)27-20/h1-4,6-7,9-10,16H,5,8,11-13H2. The van der Waals surface area contributed by atoms with Crippen LogP contribution < -0.4 is 0 Å². The van der Waals surface area contributed by atoms with E-state index in [2.05, 4.69) is 17.1 Å². The summed E-state index contributed by atoms with van der Waals surface area (Å²) in [7, 11) is 0. The number of carbonyl (C=O) groups is 1. The molecule has 0 spiro atoms. The number of fused-ring (bicyclic) bond motifs is 2. The quantitative estimate of drug-likeness (QED) is 0.382. The number of carbonyl (C=O) groups excluding carboxylic acids is 1. The van der Waals surface area contributed by atoms with Crippen LogP contribution in [0.1, 0.15) is 30.3 Å². The zero-order valence-electron chi connectivity index (χ0n) is 15.2. The molecule has 0 radical (unpaired) electrons. The first kappa shape index (κ1) is 18.1. The van der Waals surface area contributed by atoms with Gasteiger partial charge in [-0.1, -0.05) is 36.0 Å². The second-order valence-electron chi connectivity index (χ2n) is 6.81. The molecule has 4 aromatic rings. The number of likely N-dealkylation sites (tertiary alicyclic amines) is 1. The molecule has 1 aliphatic heterocycles. The van der Waals surface area contributed by atoms with Crippen molar-refractivity contribution in [1.82, 2.24) is 14.9 Å². The molecular weight excluding hydrogens is 406 g/mol. The molecule has 1 amide bonds. The molecule has 0 aliphatic carbocycles. The Bertz CT molecular complexity index is 1070. The zero-order valence-corrected chi connectivity index (χ0v) is 17.7. The highest BCUT2D eigenvalue weighted by molar-refractivity contribution is 8.01. The molecule has 4 nitrogen and oxygen atoms in total. The molecule has 0 bridgehead atoms. The average molecular weight is 426 g/mol. The molecule has 1 fully saturated rings. The summed E-state index contributed by atoms with van der Waals surface area (Å²) in [4.78, 5) is 24.4. The molecule has 2 aromatic carbocycles. The Morgan fingerprint density at radius 2 is 1.75 bits per heavy atom. The second kappa shape index (κ2) is 7.81. The van der Waals surface area contributed by atoms with Crippen LogP contribution in [-0.2, 0) is 4.79 Å². The highest BCUT2D eigenvalue weighted by atomic mass is 32.2. The Morgan fingerprint density at radius 3 is 2.50 bits per heavy atom. The number of nitrogens with zero attached hydrogens (tertiary/aromatic N) is 3. The zero-order chi connectivity index (χ0) is 18.9. The number of thioether (sulfide) groups is 1. The monoisotopic (exact) mass is 425 g/mol. The van der Waals surface area contributed by atoms with Gasteiger partial charge < -0.3 is 4.90 Å². The molecule has 7 heteroatoms. The highest BCUT2D eigenvalue weighted by Crippen LogP contribution is 2.37. The maximum atomic E-state index is 12.9. The van der Waals surface area contributed by atoms with E-state index < -0.39 is 0 Å². The second-order valence-corrected chi connectivity index (χ2v) is 10.2. The molecule has 5 rings (SSSR count). The molecule has 1 saturated heterocycles. The van der Waals surface area contributed by atoms with Crippen LogP contribution in [-0.4, -0.2) is 33.1 Å². The van der Waals surface area contributed by atoms with Gasteiger partial charge in [-0.15, -0.1) is 22.7 Å². The van der Waals surface area contributed by atoms with Crippen molar-refractivity contribution in [2.24, 2.45) is 0 Å². The van der Waals surface area contributed by atoms with Crippen molar-refractivity contribution < 1.29 is 4.79 Å². The normalized spacial score (nSPS) is 17.0. The fraction of sp³-hybridized carbons (Fsp3) is 0.286. The number of amides is 1. The Morgan fingerprint density at radius 1 is 1.04 bits per heavy atom. The van der Waals surface area contributed by atoms with E-state index in [1.165, 1.54) is 9.40 Å². The number of hydrogen-bond donors (Lipinski definition) is 0. The third kappa shape index (κ3) is 3.54. The number of benzene rings is 2. The van der Waals surface area contributed by atoms with E-state index in [1.54, 1.807) is 34.4 Å². The van der Waals surface area contributed by atoms with Crippen LogP contribution in [0.3, 0.4) is 0 Å². The van der Waals surface area contributed by atoms with Gasteiger partial charge in [-0.05, 0) is 37.1 Å². The summed E-state index contributed by atoms with van der Waals surface area (Å²) in [5.41, 5.74) is 2.07. The van der Waals surface area contributed by atoms with Crippen LogP contribution in [0, 0.1) is 0 Å². The fourth-order valence-corrected chi connectivity index (χ4v) is 6.82. The Balaban J connectivity index is 1.24. The lowest BCUT2D eigenvalue weighted by Gasteiger charge is -2.23. The molecule has 1 atom stereocenters. The fourth-order valence-electron chi connectivity index (χ4n) is 3.64. The van der Waals surface area contributed by atoms with Gasteiger partial charge in [-0.2, -0.15) is 0 Å². The minimum Gasteiger partial charge on any atom is -0.333 e. The molecule has 0 N–H and O–H groups in total. The maximum absolute atomic E-state index is 12.9. The Hall–Kier alpha value is -1.96. The first-order valence-corrected chi connectivity index (χ1v) is 12.0. The van der Waals surface area contributed by atoms with E-state index in [0.29, 0.717) is 6.42 Å². The summed E-state index contributed by atoms with van der Waals surface area (Å²) in [5.74, 6) is 0.997. The number of rotatable bonds is 5. The predicted octanol–water partition coefficient (Wildman–Crippen LogP) is 5.75. The van der Waals surface area contributed by atoms with Crippen LogP contribution in [0.5, 0.6) is 0 Å². The number of thiazole rings is 2. The van der Waals surface area contributed by atoms with Crippen molar-refractivity contribution in [3.8, 4) is 0 Å². The highest BCUT2D eigenvalue weighted by Gasteiger charge is 2.31. The van der Waals surface area contributed by atoms with Gasteiger partial charge in [0.25, 0.3) is 0 Å². The lowest BCUT2D eigenvalue weighted by molar-refractivity contribution is -0.131. The van der Waals surface area contributed by atoms with Gasteiger partial charge in [-0.25, -0.2) is 9.97 Å². The summed E-state index contributed by atoms with van der Waals surface area (Å²) in [6, 6.07) is 16.5. The summed E-state index contributed by atoms with van der Waals surface area (Å²) in [5, 5.41) is 1.07. The third-order valence-corrected chi connectivity index (χ3v) is 8.30. The van der Waals surface area contributed by atoms with Gasteiger partial charge in [0.15, 0.2) is 4.34 Å². The van der Waals surface area contributed by atoms with Crippen molar-refractivity contribution >= 4 is 60.8 Å². The Labute approximate surface area is 175 Å². The predicted molar refractivity (Wildman–Crippen MR) is 118 cm³/mol. The van der Waals surface area contributed by atoms with Gasteiger partial charge >= 0.3 is 0 Å². The van der Waals surface area contributed by atoms with Gasteiger partial charge in [0.05, 0.1) is 26.5 Å². The van der Waals surface area contributed by atoms with Crippen molar-refractivity contribution in [3.63, 3.8) is 0 Å². The van der Waals surface area contributed by atoms with Gasteiger partial charge in [-0.3, -0.25) is 4.79 Å². The molecule has 0 saturated carbocycles. The molecule has 142 valence electrons. The lowest BCUT2D eigenvalue weighted by atomic mass is 10.2. The number of para-hydroxylation sites is 2. The summed E-state index contributed by atoms with van der Waals surface area (Å²) >= 11 is 5.10. The average Bonchev–Trinajstić information content (AvgIpc) is 3.43. The Kier molecular flexibility index (Phi) is 5.05. The molecule has 2 aromatic heterocycles. The lowest BCUT2D eigenvalue weighted by Crippen LogP contribution is -2.30. The number of aromatic nitrogens is 2. The third-order valence-electron chi connectivity index (χ3n) is 4.98. The van der Waals surface area contributed by atoms with Crippen LogP contribution in [0.15, 0.2) is 52.9 Å². The minimum atomic E-state index is 0.136. The van der Waals surface area contributed by atoms with E-state index in [0.717, 1.165) is 45.5 Å². The van der Waals surface area contributed by atoms with Crippen molar-refractivity contribution in [3.05, 3.63) is 53.5 Å². The van der Waals surface area contributed by atoms with Crippen molar-refractivity contribution in [1.29, 1.82) is 0 Å². The maximum Gasteiger partial charge on any atom is 0.224 e. The van der Waals surface area contributed by atoms with Crippen LogP contribution >= 0.6 is 34.4 Å². The van der Waals surface area contributed by atoms with E-state index >= 15 is 0 Å². The SMILES string of the molecule is O=C(CCSc1nc2ccccc2s1)N1CCCC1c1nc2ccccc2s1. The minimum absolute atomic E-state index is 0.136. The molecule has 1 unspecified atom stereocenters. The summed E-state index contributed by atoms with van der Waals surface area (Å²) < 4.78 is 3.44. The van der Waals surface area contributed by atoms with E-state index in [-0.39, 0.29) is 11.9 Å². The first-order chi connectivity index (χ1) is 13.8. The molecule has 3 heterocycles. The smallest absolute Gasteiger partial charge is 0.224 e. The first-order valence-electron chi connectivity index (χ1n) is 9.41. The van der Waals surface area contributed by atoms with Crippen molar-refractivity contribution in [2.75, 3.05) is 12.3 Å². The van der Waals surface area contributed by atoms with Gasteiger partial charge in [0.1, 0.15) is 5.01 Å². The summed E-state index contributed by atoms with van der Waals surface area (Å²) in [6.45, 7) is 0.839. The summed E-state index contributed by atoms with van der Waals surface area (Å²) in [6.07, 6.45) is 2.61. The van der Waals surface area contributed by atoms with E-state index in [1.807, 2.05) is 41.3 Å².